The van der Waals surface area contributed by atoms with Crippen molar-refractivity contribution in [1.29, 1.82) is 0 Å². The van der Waals surface area contributed by atoms with Crippen LogP contribution < -0.4 is 0 Å². The molecule has 0 amide bonds. The van der Waals surface area contributed by atoms with Gasteiger partial charge in [-0.15, -0.1) is 0 Å². The number of halogens is 3. The van der Waals surface area contributed by atoms with Crippen LogP contribution in [0.4, 0.5) is 8.78 Å². The Kier molecular flexibility index (Phi) is 6.31. The van der Waals surface area contributed by atoms with E-state index in [1.807, 2.05) is 0 Å². The summed E-state index contributed by atoms with van der Waals surface area (Å²) in [7, 11) is -2.59. The summed E-state index contributed by atoms with van der Waals surface area (Å²) < 4.78 is 55.4. The van der Waals surface area contributed by atoms with Crippen molar-refractivity contribution in [3.8, 4) is 0 Å². The molecule has 0 aromatic heterocycles. The summed E-state index contributed by atoms with van der Waals surface area (Å²) in [6.07, 6.45) is -2.74. The lowest BCUT2D eigenvalue weighted by Crippen LogP contribution is -2.37. The number of ether oxygens (including phenoxy) is 1. The molecule has 4 nitrogen and oxygen atoms in total. The number of benzene rings is 1. The molecule has 0 saturated heterocycles. The normalized spacial score (nSPS) is 12.3. The van der Waals surface area contributed by atoms with Crippen LogP contribution in [0, 0.1) is 0 Å². The van der Waals surface area contributed by atoms with Crippen LogP contribution in [0.25, 0.3) is 0 Å². The first-order valence-electron chi connectivity index (χ1n) is 5.41. The van der Waals surface area contributed by atoms with Gasteiger partial charge in [0.1, 0.15) is 0 Å². The minimum atomic E-state index is -3.97. The predicted octanol–water partition coefficient (Wildman–Crippen LogP) is 2.35. The monoisotopic (exact) mass is 357 g/mol. The van der Waals surface area contributed by atoms with Gasteiger partial charge in [-0.3, -0.25) is 0 Å². The molecule has 0 fully saturated rings. The number of sulfonamides is 1. The van der Waals surface area contributed by atoms with Gasteiger partial charge in [0.05, 0.1) is 18.0 Å². The van der Waals surface area contributed by atoms with E-state index in [0.29, 0.717) is 4.47 Å². The van der Waals surface area contributed by atoms with E-state index < -0.39 is 23.0 Å². The summed E-state index contributed by atoms with van der Waals surface area (Å²) in [6.45, 7) is -0.923. The number of hydrogen-bond donors (Lipinski definition) is 0. The molecule has 0 spiro atoms. The summed E-state index contributed by atoms with van der Waals surface area (Å²) in [4.78, 5) is -0.0354. The van der Waals surface area contributed by atoms with E-state index in [2.05, 4.69) is 15.9 Å². The van der Waals surface area contributed by atoms with Gasteiger partial charge in [0.25, 0.3) is 6.43 Å². The highest BCUT2D eigenvalue weighted by molar-refractivity contribution is 9.10. The van der Waals surface area contributed by atoms with Gasteiger partial charge in [0.15, 0.2) is 0 Å². The number of methoxy groups -OCH3 is 1. The molecule has 1 aromatic carbocycles. The summed E-state index contributed by atoms with van der Waals surface area (Å²) >= 11 is 3.11. The number of nitrogens with zero attached hydrogens (tertiary/aromatic N) is 1. The van der Waals surface area contributed by atoms with Gasteiger partial charge in [0.2, 0.25) is 10.0 Å². The maximum atomic E-state index is 12.5. The van der Waals surface area contributed by atoms with E-state index in [1.54, 1.807) is 12.1 Å². The smallest absolute Gasteiger partial charge is 0.252 e. The standard InChI is InChI=1S/C11H14BrF2NO3S/c1-18-7-6-15(8-11(13)14)19(16,17)10-5-3-2-4-9(10)12/h2-5,11H,6-8H2,1H3. The van der Waals surface area contributed by atoms with Crippen LogP contribution in [0.1, 0.15) is 0 Å². The number of alkyl halides is 2. The minimum Gasteiger partial charge on any atom is -0.383 e. The lowest BCUT2D eigenvalue weighted by molar-refractivity contribution is 0.106. The van der Waals surface area contributed by atoms with Crippen molar-refractivity contribution in [1.82, 2.24) is 4.31 Å². The van der Waals surface area contributed by atoms with Gasteiger partial charge in [0, 0.05) is 18.1 Å². The molecule has 0 bridgehead atoms. The fourth-order valence-electron chi connectivity index (χ4n) is 1.45. The Morgan fingerprint density at radius 3 is 2.53 bits per heavy atom. The summed E-state index contributed by atoms with van der Waals surface area (Å²) in [5.74, 6) is 0. The predicted molar refractivity (Wildman–Crippen MR) is 70.8 cm³/mol. The maximum absolute atomic E-state index is 12.5. The second-order valence-corrected chi connectivity index (χ2v) is 6.44. The van der Waals surface area contributed by atoms with E-state index in [4.69, 9.17) is 4.74 Å². The van der Waals surface area contributed by atoms with E-state index in [9.17, 15) is 17.2 Å². The van der Waals surface area contributed by atoms with E-state index in [0.717, 1.165) is 4.31 Å². The van der Waals surface area contributed by atoms with Gasteiger partial charge >= 0.3 is 0 Å². The molecule has 0 aliphatic heterocycles. The van der Waals surface area contributed by atoms with E-state index >= 15 is 0 Å². The highest BCUT2D eigenvalue weighted by Gasteiger charge is 2.28. The third kappa shape index (κ3) is 4.48. The third-order valence-corrected chi connectivity index (χ3v) is 5.22. The van der Waals surface area contributed by atoms with Gasteiger partial charge in [-0.25, -0.2) is 17.2 Å². The zero-order valence-electron chi connectivity index (χ0n) is 10.2. The molecule has 0 saturated carbocycles. The molecule has 0 N–H and O–H groups in total. The van der Waals surface area contributed by atoms with Crippen molar-refractivity contribution in [3.05, 3.63) is 28.7 Å². The first-order chi connectivity index (χ1) is 8.89. The van der Waals surface area contributed by atoms with Crippen LogP contribution in [0.3, 0.4) is 0 Å². The van der Waals surface area contributed by atoms with Crippen LogP contribution in [0.2, 0.25) is 0 Å². The minimum absolute atomic E-state index is 0.0354. The van der Waals surface area contributed by atoms with Crippen LogP contribution in [-0.2, 0) is 14.8 Å². The average Bonchev–Trinajstić information content (AvgIpc) is 2.34. The van der Waals surface area contributed by atoms with Crippen LogP contribution in [0.5, 0.6) is 0 Å². The first kappa shape index (κ1) is 16.5. The Morgan fingerprint density at radius 2 is 2.00 bits per heavy atom. The SMILES string of the molecule is COCCN(CC(F)F)S(=O)(=O)c1ccccc1Br. The van der Waals surface area contributed by atoms with Crippen molar-refractivity contribution in [2.45, 2.75) is 11.3 Å². The van der Waals surface area contributed by atoms with Crippen molar-refractivity contribution in [3.63, 3.8) is 0 Å². The van der Waals surface area contributed by atoms with Crippen molar-refractivity contribution < 1.29 is 21.9 Å². The van der Waals surface area contributed by atoms with E-state index in [1.165, 1.54) is 19.2 Å². The molecule has 0 unspecified atom stereocenters. The molecule has 0 heterocycles. The van der Waals surface area contributed by atoms with Gasteiger partial charge < -0.3 is 4.74 Å². The third-order valence-electron chi connectivity index (χ3n) is 2.34. The summed E-state index contributed by atoms with van der Waals surface area (Å²) in [5.41, 5.74) is 0. The zero-order valence-corrected chi connectivity index (χ0v) is 12.6. The topological polar surface area (TPSA) is 46.6 Å². The number of hydrogen-bond acceptors (Lipinski definition) is 3. The molecule has 19 heavy (non-hydrogen) atoms. The molecule has 8 heteroatoms. The number of rotatable bonds is 7. The Labute approximate surface area is 119 Å². The van der Waals surface area contributed by atoms with Crippen molar-refractivity contribution in [2.24, 2.45) is 0 Å². The second-order valence-electron chi connectivity index (χ2n) is 3.68. The molecular formula is C11H14BrF2NO3S. The Bertz CT molecular complexity index is 510. The van der Waals surface area contributed by atoms with Crippen molar-refractivity contribution in [2.75, 3.05) is 26.8 Å². The highest BCUT2D eigenvalue weighted by Crippen LogP contribution is 2.25. The molecule has 1 rings (SSSR count). The highest BCUT2D eigenvalue weighted by atomic mass is 79.9. The maximum Gasteiger partial charge on any atom is 0.252 e. The lowest BCUT2D eigenvalue weighted by Gasteiger charge is -2.22. The average molecular weight is 358 g/mol. The molecule has 0 radical (unpaired) electrons. The van der Waals surface area contributed by atoms with Gasteiger partial charge in [-0.1, -0.05) is 12.1 Å². The second kappa shape index (κ2) is 7.28. The molecule has 108 valence electrons. The quantitative estimate of drug-likeness (QED) is 0.752. The molecule has 0 aliphatic rings. The Morgan fingerprint density at radius 1 is 1.37 bits per heavy atom. The zero-order chi connectivity index (χ0) is 14.5. The molecule has 1 aromatic rings. The van der Waals surface area contributed by atoms with Crippen molar-refractivity contribution >= 4 is 26.0 Å². The Balaban J connectivity index is 3.08. The summed E-state index contributed by atoms with van der Waals surface area (Å²) in [5, 5.41) is 0. The summed E-state index contributed by atoms with van der Waals surface area (Å²) in [6, 6.07) is 6.10. The lowest BCUT2D eigenvalue weighted by atomic mass is 10.4. The first-order valence-corrected chi connectivity index (χ1v) is 7.64. The Hall–Kier alpha value is -0.570. The van der Waals surface area contributed by atoms with Gasteiger partial charge in [-0.2, -0.15) is 4.31 Å². The van der Waals surface area contributed by atoms with Crippen LogP contribution >= 0.6 is 15.9 Å². The van der Waals surface area contributed by atoms with Gasteiger partial charge in [-0.05, 0) is 28.1 Å². The molecule has 0 aliphatic carbocycles. The molecular weight excluding hydrogens is 344 g/mol. The largest absolute Gasteiger partial charge is 0.383 e. The van der Waals surface area contributed by atoms with E-state index in [-0.39, 0.29) is 18.0 Å². The van der Waals surface area contributed by atoms with Crippen LogP contribution in [0.15, 0.2) is 33.6 Å². The fraction of sp³-hybridized carbons (Fsp3) is 0.455. The fourth-order valence-corrected chi connectivity index (χ4v) is 3.82. The molecule has 0 atom stereocenters. The van der Waals surface area contributed by atoms with Crippen LogP contribution in [-0.4, -0.2) is 46.0 Å².